The Morgan fingerprint density at radius 3 is 2.89 bits per heavy atom. The van der Waals surface area contributed by atoms with Crippen LogP contribution in [0.4, 0.5) is 9.59 Å². The van der Waals surface area contributed by atoms with Crippen LogP contribution in [0.25, 0.3) is 0 Å². The summed E-state index contributed by atoms with van der Waals surface area (Å²) in [4.78, 5) is 21.3. The fourth-order valence-electron chi connectivity index (χ4n) is 1.30. The number of carbonyl (C=O) groups excluding carboxylic acids is 2. The highest BCUT2D eigenvalue weighted by molar-refractivity contribution is 5.93. The number of imide groups is 1. The highest BCUT2D eigenvalue weighted by atomic mass is 16.7. The number of nitrogens with two attached hydrogens (primary N) is 1. The van der Waals surface area contributed by atoms with Crippen LogP contribution < -0.4 is 25.9 Å². The molecule has 0 aromatic heterocycles. The number of nitrogens with zero attached hydrogens (tertiary/aromatic N) is 1. The molecular formula is C10H10N4O4. The van der Waals surface area contributed by atoms with Crippen LogP contribution in [0.15, 0.2) is 23.3 Å². The predicted molar refractivity (Wildman–Crippen MR) is 61.4 cm³/mol. The van der Waals surface area contributed by atoms with E-state index in [0.717, 1.165) is 0 Å². The molecule has 0 fully saturated rings. The van der Waals surface area contributed by atoms with Crippen molar-refractivity contribution in [3.63, 3.8) is 0 Å². The van der Waals surface area contributed by atoms with Crippen LogP contribution in [-0.2, 0) is 0 Å². The zero-order chi connectivity index (χ0) is 13.0. The Balaban J connectivity index is 1.93. The van der Waals surface area contributed by atoms with E-state index >= 15 is 0 Å². The Morgan fingerprint density at radius 1 is 1.33 bits per heavy atom. The van der Waals surface area contributed by atoms with Crippen molar-refractivity contribution in [2.45, 2.75) is 0 Å². The molecule has 94 valence electrons. The predicted octanol–water partition coefficient (Wildman–Crippen LogP) is 0.127. The third-order valence-corrected chi connectivity index (χ3v) is 2.01. The second-order valence-corrected chi connectivity index (χ2v) is 3.30. The fraction of sp³-hybridized carbons (Fsp3) is 0.100. The van der Waals surface area contributed by atoms with Crippen molar-refractivity contribution in [2.75, 3.05) is 6.79 Å². The van der Waals surface area contributed by atoms with Crippen LogP contribution >= 0.6 is 0 Å². The summed E-state index contributed by atoms with van der Waals surface area (Å²) in [6, 6.07) is 3.42. The van der Waals surface area contributed by atoms with Crippen molar-refractivity contribution in [3.05, 3.63) is 23.8 Å². The standard InChI is InChI=1S/C10H10N4O4/c11-9(15)13-10(16)14-12-4-6-1-2-7-8(3-6)18-5-17-7/h1-4H,5H2,(H4,11,13,14,15,16)/b12-4-. The average Bonchev–Trinajstić information content (AvgIpc) is 2.75. The number of primary amides is 1. The van der Waals surface area contributed by atoms with Gasteiger partial charge in [-0.25, -0.2) is 15.0 Å². The number of fused-ring (bicyclic) bond motifs is 1. The maximum Gasteiger partial charge on any atom is 0.343 e. The zero-order valence-electron chi connectivity index (χ0n) is 9.17. The molecule has 1 aromatic carbocycles. The van der Waals surface area contributed by atoms with Crippen molar-refractivity contribution >= 4 is 18.3 Å². The van der Waals surface area contributed by atoms with E-state index in [1.807, 2.05) is 0 Å². The number of carbonyl (C=O) groups is 2. The van der Waals surface area contributed by atoms with Gasteiger partial charge in [0.2, 0.25) is 6.79 Å². The summed E-state index contributed by atoms with van der Waals surface area (Å²) in [5.41, 5.74) is 7.53. The SMILES string of the molecule is NC(=O)NC(=O)N/N=C\c1ccc2c(c1)OCO2. The Hall–Kier alpha value is -2.77. The largest absolute Gasteiger partial charge is 0.454 e. The van der Waals surface area contributed by atoms with E-state index in [4.69, 9.17) is 15.2 Å². The summed E-state index contributed by atoms with van der Waals surface area (Å²) in [7, 11) is 0. The van der Waals surface area contributed by atoms with Crippen LogP contribution in [-0.4, -0.2) is 25.1 Å². The van der Waals surface area contributed by atoms with E-state index in [-0.39, 0.29) is 6.79 Å². The third kappa shape index (κ3) is 2.88. The molecule has 0 spiro atoms. The molecule has 0 saturated carbocycles. The molecule has 1 aliphatic rings. The van der Waals surface area contributed by atoms with E-state index in [9.17, 15) is 9.59 Å². The minimum Gasteiger partial charge on any atom is -0.454 e. The minimum absolute atomic E-state index is 0.190. The maximum atomic E-state index is 10.9. The fourth-order valence-corrected chi connectivity index (χ4v) is 1.30. The lowest BCUT2D eigenvalue weighted by atomic mass is 10.2. The van der Waals surface area contributed by atoms with Gasteiger partial charge in [-0.2, -0.15) is 5.10 Å². The molecule has 2 rings (SSSR count). The van der Waals surface area contributed by atoms with Gasteiger partial charge in [0.15, 0.2) is 11.5 Å². The molecule has 1 aromatic rings. The van der Waals surface area contributed by atoms with Crippen LogP contribution in [0.1, 0.15) is 5.56 Å². The van der Waals surface area contributed by atoms with E-state index < -0.39 is 12.1 Å². The van der Waals surface area contributed by atoms with Gasteiger partial charge in [0.1, 0.15) is 0 Å². The first-order chi connectivity index (χ1) is 8.65. The molecule has 0 atom stereocenters. The number of hydrazone groups is 1. The zero-order valence-corrected chi connectivity index (χ0v) is 9.17. The van der Waals surface area contributed by atoms with Gasteiger partial charge in [-0.05, 0) is 23.8 Å². The number of amides is 4. The molecule has 0 radical (unpaired) electrons. The number of rotatable bonds is 2. The van der Waals surface area contributed by atoms with E-state index in [1.54, 1.807) is 23.5 Å². The van der Waals surface area contributed by atoms with Crippen molar-refractivity contribution in [3.8, 4) is 11.5 Å². The molecule has 1 aliphatic heterocycles. The van der Waals surface area contributed by atoms with E-state index in [0.29, 0.717) is 17.1 Å². The highest BCUT2D eigenvalue weighted by Crippen LogP contribution is 2.31. The summed E-state index contributed by atoms with van der Waals surface area (Å²) < 4.78 is 10.3. The topological polar surface area (TPSA) is 115 Å². The Kier molecular flexibility index (Phi) is 3.28. The number of hydrogen-bond donors (Lipinski definition) is 3. The van der Waals surface area contributed by atoms with Crippen molar-refractivity contribution in [1.82, 2.24) is 10.7 Å². The number of ether oxygens (including phenoxy) is 2. The molecular weight excluding hydrogens is 240 g/mol. The average molecular weight is 250 g/mol. The third-order valence-electron chi connectivity index (χ3n) is 2.01. The smallest absolute Gasteiger partial charge is 0.343 e. The second kappa shape index (κ2) is 5.04. The first kappa shape index (κ1) is 11.7. The summed E-state index contributed by atoms with van der Waals surface area (Å²) in [5.74, 6) is 1.27. The summed E-state index contributed by atoms with van der Waals surface area (Å²) in [6.07, 6.45) is 1.39. The molecule has 8 nitrogen and oxygen atoms in total. The summed E-state index contributed by atoms with van der Waals surface area (Å²) in [6.45, 7) is 0.190. The molecule has 4 amide bonds. The van der Waals surface area contributed by atoms with Gasteiger partial charge in [-0.15, -0.1) is 0 Å². The van der Waals surface area contributed by atoms with Gasteiger partial charge in [-0.1, -0.05) is 0 Å². The molecule has 8 heteroatoms. The molecule has 0 aliphatic carbocycles. The van der Waals surface area contributed by atoms with Gasteiger partial charge >= 0.3 is 12.1 Å². The quantitative estimate of drug-likeness (QED) is 0.511. The molecule has 0 bridgehead atoms. The van der Waals surface area contributed by atoms with Gasteiger partial charge < -0.3 is 15.2 Å². The number of urea groups is 2. The first-order valence-corrected chi connectivity index (χ1v) is 4.94. The molecule has 18 heavy (non-hydrogen) atoms. The first-order valence-electron chi connectivity index (χ1n) is 4.94. The Morgan fingerprint density at radius 2 is 2.11 bits per heavy atom. The Bertz CT molecular complexity index is 515. The molecule has 0 saturated heterocycles. The van der Waals surface area contributed by atoms with Crippen LogP contribution in [0.2, 0.25) is 0 Å². The number of nitrogens with one attached hydrogen (secondary N) is 2. The van der Waals surface area contributed by atoms with Gasteiger partial charge in [-0.3, -0.25) is 5.32 Å². The monoisotopic (exact) mass is 250 g/mol. The van der Waals surface area contributed by atoms with Crippen molar-refractivity contribution in [2.24, 2.45) is 10.8 Å². The van der Waals surface area contributed by atoms with Gasteiger partial charge in [0, 0.05) is 0 Å². The van der Waals surface area contributed by atoms with Crippen LogP contribution in [0.3, 0.4) is 0 Å². The van der Waals surface area contributed by atoms with Gasteiger partial charge in [0.25, 0.3) is 0 Å². The lowest BCUT2D eigenvalue weighted by Crippen LogP contribution is -2.40. The summed E-state index contributed by atoms with van der Waals surface area (Å²) in [5, 5.41) is 5.43. The summed E-state index contributed by atoms with van der Waals surface area (Å²) >= 11 is 0. The van der Waals surface area contributed by atoms with Crippen molar-refractivity contribution < 1.29 is 19.1 Å². The lowest BCUT2D eigenvalue weighted by molar-refractivity contribution is 0.174. The second-order valence-electron chi connectivity index (χ2n) is 3.30. The van der Waals surface area contributed by atoms with E-state index in [2.05, 4.69) is 10.5 Å². The van der Waals surface area contributed by atoms with Gasteiger partial charge in [0.05, 0.1) is 6.21 Å². The van der Waals surface area contributed by atoms with Crippen LogP contribution in [0.5, 0.6) is 11.5 Å². The molecule has 1 heterocycles. The normalized spacial score (nSPS) is 12.4. The number of benzene rings is 1. The molecule has 4 N–H and O–H groups in total. The van der Waals surface area contributed by atoms with E-state index in [1.165, 1.54) is 6.21 Å². The van der Waals surface area contributed by atoms with Crippen LogP contribution in [0, 0.1) is 0 Å². The van der Waals surface area contributed by atoms with Crippen molar-refractivity contribution in [1.29, 1.82) is 0 Å². The lowest BCUT2D eigenvalue weighted by Gasteiger charge is -1.99. The highest BCUT2D eigenvalue weighted by Gasteiger charge is 2.12. The Labute approximate surface area is 102 Å². The number of hydrogen-bond acceptors (Lipinski definition) is 5. The molecule has 0 unspecified atom stereocenters. The maximum absolute atomic E-state index is 10.9. The minimum atomic E-state index is -0.953.